The monoisotopic (exact) mass is 290 g/mol. The third-order valence-electron chi connectivity index (χ3n) is 3.94. The van der Waals surface area contributed by atoms with Crippen molar-refractivity contribution < 1.29 is 4.79 Å². The largest absolute Gasteiger partial charge is 0.354 e. The minimum atomic E-state index is -0.118. The number of carbonyl (C=O) groups is 1. The molecule has 0 aromatic carbocycles. The van der Waals surface area contributed by atoms with Gasteiger partial charge in [-0.3, -0.25) is 4.79 Å². The Morgan fingerprint density at radius 2 is 2.10 bits per heavy atom. The number of piperidine rings is 1. The highest BCUT2D eigenvalue weighted by atomic mass is 16.2. The van der Waals surface area contributed by atoms with Crippen molar-refractivity contribution in [1.29, 1.82) is 0 Å². The first kappa shape index (κ1) is 15.7. The number of hydrogen-bond acceptors (Lipinski definition) is 4. The number of hydrogen-bond donors (Lipinski definition) is 1. The van der Waals surface area contributed by atoms with Crippen molar-refractivity contribution in [3.8, 4) is 0 Å². The lowest BCUT2D eigenvalue weighted by atomic mass is 10.0. The van der Waals surface area contributed by atoms with Crippen LogP contribution in [0.2, 0.25) is 0 Å². The van der Waals surface area contributed by atoms with Gasteiger partial charge >= 0.3 is 0 Å². The summed E-state index contributed by atoms with van der Waals surface area (Å²) in [6, 6.07) is 1.68. The van der Waals surface area contributed by atoms with Gasteiger partial charge in [0.15, 0.2) is 0 Å². The van der Waals surface area contributed by atoms with Crippen molar-refractivity contribution in [1.82, 2.24) is 15.3 Å². The van der Waals surface area contributed by atoms with E-state index in [0.717, 1.165) is 38.8 Å². The fourth-order valence-electron chi connectivity index (χ4n) is 2.76. The summed E-state index contributed by atoms with van der Waals surface area (Å²) in [7, 11) is 0. The van der Waals surface area contributed by atoms with Gasteiger partial charge in [-0.25, -0.2) is 9.97 Å². The number of rotatable bonds is 7. The Kier molecular flexibility index (Phi) is 6.44. The molecule has 0 radical (unpaired) electrons. The molecule has 21 heavy (non-hydrogen) atoms. The highest BCUT2D eigenvalue weighted by Crippen LogP contribution is 2.21. The molecule has 0 spiro atoms. The molecule has 1 amide bonds. The second-order valence-electron chi connectivity index (χ2n) is 5.61. The first-order chi connectivity index (χ1) is 10.3. The minimum Gasteiger partial charge on any atom is -0.354 e. The van der Waals surface area contributed by atoms with Gasteiger partial charge in [0.05, 0.1) is 0 Å². The van der Waals surface area contributed by atoms with E-state index in [1.165, 1.54) is 19.3 Å². The van der Waals surface area contributed by atoms with Gasteiger partial charge in [0.2, 0.25) is 11.9 Å². The molecule has 1 aliphatic rings. The van der Waals surface area contributed by atoms with Gasteiger partial charge < -0.3 is 10.2 Å². The average Bonchev–Trinajstić information content (AvgIpc) is 2.55. The first-order valence-electron chi connectivity index (χ1n) is 8.14. The quantitative estimate of drug-likeness (QED) is 0.784. The van der Waals surface area contributed by atoms with Gasteiger partial charge in [-0.05, 0) is 31.7 Å². The van der Waals surface area contributed by atoms with Crippen LogP contribution in [0.5, 0.6) is 0 Å². The Morgan fingerprint density at radius 3 is 2.86 bits per heavy atom. The predicted molar refractivity (Wildman–Crippen MR) is 84.2 cm³/mol. The standard InChI is InChI=1S/C16H26N4O/c1-2-3-4-6-10-17-15(21)14-9-5-7-13-20(14)16-18-11-8-12-19-16/h8,11-12,14H,2-7,9-10,13H2,1H3,(H,17,21). The summed E-state index contributed by atoms with van der Waals surface area (Å²) in [6.45, 7) is 3.83. The maximum atomic E-state index is 12.4. The Morgan fingerprint density at radius 1 is 1.29 bits per heavy atom. The van der Waals surface area contributed by atoms with Crippen LogP contribution in [0.1, 0.15) is 51.9 Å². The van der Waals surface area contributed by atoms with Gasteiger partial charge in [-0.1, -0.05) is 26.2 Å². The van der Waals surface area contributed by atoms with E-state index in [-0.39, 0.29) is 11.9 Å². The van der Waals surface area contributed by atoms with Crippen LogP contribution < -0.4 is 10.2 Å². The molecular weight excluding hydrogens is 264 g/mol. The van der Waals surface area contributed by atoms with E-state index in [9.17, 15) is 4.79 Å². The summed E-state index contributed by atoms with van der Waals surface area (Å²) in [5.74, 6) is 0.794. The maximum absolute atomic E-state index is 12.4. The first-order valence-corrected chi connectivity index (χ1v) is 8.14. The van der Waals surface area contributed by atoms with Crippen LogP contribution >= 0.6 is 0 Å². The summed E-state index contributed by atoms with van der Waals surface area (Å²) in [4.78, 5) is 23.0. The smallest absolute Gasteiger partial charge is 0.242 e. The van der Waals surface area contributed by atoms with Crippen LogP contribution in [0.15, 0.2) is 18.5 Å². The molecule has 1 aliphatic heterocycles. The molecule has 0 aliphatic carbocycles. The zero-order valence-corrected chi connectivity index (χ0v) is 12.9. The van der Waals surface area contributed by atoms with E-state index >= 15 is 0 Å². The van der Waals surface area contributed by atoms with E-state index in [2.05, 4.69) is 22.2 Å². The molecular formula is C16H26N4O. The van der Waals surface area contributed by atoms with E-state index in [1.54, 1.807) is 18.5 Å². The minimum absolute atomic E-state index is 0.118. The molecule has 0 saturated carbocycles. The molecule has 0 bridgehead atoms. The summed E-state index contributed by atoms with van der Waals surface area (Å²) < 4.78 is 0. The fraction of sp³-hybridized carbons (Fsp3) is 0.688. The Hall–Kier alpha value is -1.65. The molecule has 5 heteroatoms. The summed E-state index contributed by atoms with van der Waals surface area (Å²) in [5, 5.41) is 3.07. The van der Waals surface area contributed by atoms with Crippen molar-refractivity contribution >= 4 is 11.9 Å². The van der Waals surface area contributed by atoms with Crippen molar-refractivity contribution in [3.05, 3.63) is 18.5 Å². The van der Waals surface area contributed by atoms with E-state index in [1.807, 2.05) is 4.90 Å². The molecule has 2 rings (SSSR count). The van der Waals surface area contributed by atoms with Gasteiger partial charge in [0.25, 0.3) is 0 Å². The molecule has 1 aromatic heterocycles. The number of carbonyl (C=O) groups excluding carboxylic acids is 1. The molecule has 2 heterocycles. The zero-order valence-electron chi connectivity index (χ0n) is 12.9. The van der Waals surface area contributed by atoms with E-state index in [0.29, 0.717) is 5.95 Å². The second-order valence-corrected chi connectivity index (χ2v) is 5.61. The van der Waals surface area contributed by atoms with Gasteiger partial charge in [-0.2, -0.15) is 0 Å². The van der Waals surface area contributed by atoms with Gasteiger partial charge in [-0.15, -0.1) is 0 Å². The van der Waals surface area contributed by atoms with Crippen molar-refractivity contribution in [2.75, 3.05) is 18.0 Å². The summed E-state index contributed by atoms with van der Waals surface area (Å²) >= 11 is 0. The van der Waals surface area contributed by atoms with E-state index in [4.69, 9.17) is 0 Å². The van der Waals surface area contributed by atoms with Crippen molar-refractivity contribution in [2.45, 2.75) is 57.9 Å². The zero-order chi connectivity index (χ0) is 14.9. The van der Waals surface area contributed by atoms with Gasteiger partial charge in [0, 0.05) is 25.5 Å². The Balaban J connectivity index is 1.88. The second kappa shape index (κ2) is 8.60. The van der Waals surface area contributed by atoms with Gasteiger partial charge in [0.1, 0.15) is 6.04 Å². The highest BCUT2D eigenvalue weighted by molar-refractivity contribution is 5.84. The van der Waals surface area contributed by atoms with Crippen LogP contribution in [0.3, 0.4) is 0 Å². The maximum Gasteiger partial charge on any atom is 0.242 e. The molecule has 1 N–H and O–H groups in total. The molecule has 1 unspecified atom stereocenters. The Labute approximate surface area is 127 Å². The molecule has 1 aromatic rings. The lowest BCUT2D eigenvalue weighted by molar-refractivity contribution is -0.122. The van der Waals surface area contributed by atoms with Crippen LogP contribution in [-0.2, 0) is 4.79 Å². The lowest BCUT2D eigenvalue weighted by Crippen LogP contribution is -2.50. The SMILES string of the molecule is CCCCCCNC(=O)C1CCCCN1c1ncccn1. The predicted octanol–water partition coefficient (Wildman–Crippen LogP) is 2.53. The average molecular weight is 290 g/mol. The number of nitrogens with zero attached hydrogens (tertiary/aromatic N) is 3. The topological polar surface area (TPSA) is 58.1 Å². The van der Waals surface area contributed by atoms with Crippen LogP contribution in [0, 0.1) is 0 Å². The third-order valence-corrected chi connectivity index (χ3v) is 3.94. The number of amides is 1. The fourth-order valence-corrected chi connectivity index (χ4v) is 2.76. The number of nitrogens with one attached hydrogen (secondary N) is 1. The Bertz CT molecular complexity index is 424. The van der Waals surface area contributed by atoms with Crippen LogP contribution in [0.25, 0.3) is 0 Å². The third kappa shape index (κ3) is 4.69. The number of unbranched alkanes of at least 4 members (excludes halogenated alkanes) is 3. The van der Waals surface area contributed by atoms with Crippen molar-refractivity contribution in [3.63, 3.8) is 0 Å². The molecule has 1 saturated heterocycles. The highest BCUT2D eigenvalue weighted by Gasteiger charge is 2.29. The normalized spacial score (nSPS) is 18.5. The van der Waals surface area contributed by atoms with Crippen LogP contribution in [0.4, 0.5) is 5.95 Å². The lowest BCUT2D eigenvalue weighted by Gasteiger charge is -2.34. The molecule has 1 atom stereocenters. The molecule has 116 valence electrons. The summed E-state index contributed by atoms with van der Waals surface area (Å²) in [6.07, 6.45) is 11.3. The number of anilines is 1. The summed E-state index contributed by atoms with van der Waals surface area (Å²) in [5.41, 5.74) is 0. The molecule has 5 nitrogen and oxygen atoms in total. The van der Waals surface area contributed by atoms with E-state index < -0.39 is 0 Å². The number of aromatic nitrogens is 2. The van der Waals surface area contributed by atoms with Crippen molar-refractivity contribution in [2.24, 2.45) is 0 Å². The molecule has 1 fully saturated rings. The van der Waals surface area contributed by atoms with Crippen LogP contribution in [-0.4, -0.2) is 35.0 Å².